The summed E-state index contributed by atoms with van der Waals surface area (Å²) in [5, 5.41) is 0.619. The van der Waals surface area contributed by atoms with Gasteiger partial charge in [0.2, 0.25) is 0 Å². The molecule has 9 heteroatoms. The van der Waals surface area contributed by atoms with Gasteiger partial charge in [-0.25, -0.2) is 4.79 Å². The van der Waals surface area contributed by atoms with Gasteiger partial charge in [-0.05, 0) is 74.8 Å². The van der Waals surface area contributed by atoms with Crippen LogP contribution in [-0.2, 0) is 28.6 Å². The standard InChI is InChI=1S/C29H40N2O7/c1-27(2,3)36-24(33)21(25(34)37-28(4,5)6)22-20(17-13-10-11-14-18(17)30-22)23-19(32)15-12-16-31(23)26(35)38-29(7,8)9/h10-11,13-14,21,23,30H,12,15-16H2,1-9H3/t23-/m1/s1. The summed E-state index contributed by atoms with van der Waals surface area (Å²) in [5.74, 6) is -3.34. The number of nitrogens with one attached hydrogen (secondary N) is 1. The van der Waals surface area contributed by atoms with Crippen LogP contribution in [0.2, 0.25) is 0 Å². The molecule has 2 aromatic rings. The third-order valence-corrected chi connectivity index (χ3v) is 5.69. The van der Waals surface area contributed by atoms with Crippen molar-refractivity contribution in [2.24, 2.45) is 0 Å². The molecule has 208 valence electrons. The number of rotatable bonds is 4. The number of ether oxygens (including phenoxy) is 3. The molecule has 0 aliphatic carbocycles. The lowest BCUT2D eigenvalue weighted by Gasteiger charge is -2.36. The van der Waals surface area contributed by atoms with E-state index in [0.717, 1.165) is 0 Å². The number of piperidine rings is 1. The van der Waals surface area contributed by atoms with E-state index in [1.807, 2.05) is 0 Å². The zero-order chi connectivity index (χ0) is 28.6. The maximum absolute atomic E-state index is 13.5. The summed E-state index contributed by atoms with van der Waals surface area (Å²) in [6.45, 7) is 15.8. The largest absolute Gasteiger partial charge is 0.459 e. The lowest BCUT2D eigenvalue weighted by Crippen LogP contribution is -2.46. The van der Waals surface area contributed by atoms with Crippen molar-refractivity contribution in [1.29, 1.82) is 0 Å². The van der Waals surface area contributed by atoms with Crippen molar-refractivity contribution in [3.63, 3.8) is 0 Å². The van der Waals surface area contributed by atoms with Gasteiger partial charge in [-0.3, -0.25) is 19.3 Å². The maximum atomic E-state index is 13.5. The molecule has 2 heterocycles. The van der Waals surface area contributed by atoms with Crippen LogP contribution in [0.25, 0.3) is 10.9 Å². The lowest BCUT2D eigenvalue weighted by atomic mass is 9.88. The first-order valence-corrected chi connectivity index (χ1v) is 13.0. The predicted octanol–water partition coefficient (Wildman–Crippen LogP) is 5.58. The number of aromatic nitrogens is 1. The molecule has 9 nitrogen and oxygen atoms in total. The van der Waals surface area contributed by atoms with Gasteiger partial charge >= 0.3 is 18.0 Å². The number of para-hydroxylation sites is 1. The van der Waals surface area contributed by atoms with Crippen molar-refractivity contribution < 1.29 is 33.4 Å². The molecular weight excluding hydrogens is 488 g/mol. The van der Waals surface area contributed by atoms with E-state index in [-0.39, 0.29) is 24.4 Å². The van der Waals surface area contributed by atoms with Gasteiger partial charge in [-0.2, -0.15) is 0 Å². The highest BCUT2D eigenvalue weighted by Gasteiger charge is 2.45. The fourth-order valence-corrected chi connectivity index (χ4v) is 4.46. The Morgan fingerprint density at radius 2 is 1.39 bits per heavy atom. The van der Waals surface area contributed by atoms with Crippen LogP contribution in [0.3, 0.4) is 0 Å². The van der Waals surface area contributed by atoms with Gasteiger partial charge in [0.1, 0.15) is 22.8 Å². The smallest absolute Gasteiger partial charge is 0.411 e. The molecule has 0 radical (unpaired) electrons. The van der Waals surface area contributed by atoms with Gasteiger partial charge in [0.25, 0.3) is 0 Å². The number of hydrogen-bond donors (Lipinski definition) is 1. The second-order valence-electron chi connectivity index (χ2n) is 12.6. The van der Waals surface area contributed by atoms with E-state index in [4.69, 9.17) is 14.2 Å². The van der Waals surface area contributed by atoms with Crippen molar-refractivity contribution in [2.75, 3.05) is 6.54 Å². The fourth-order valence-electron chi connectivity index (χ4n) is 4.46. The Morgan fingerprint density at radius 3 is 1.92 bits per heavy atom. The molecule has 38 heavy (non-hydrogen) atoms. The van der Waals surface area contributed by atoms with E-state index in [1.54, 1.807) is 86.6 Å². The Balaban J connectivity index is 2.26. The van der Waals surface area contributed by atoms with Gasteiger partial charge in [0, 0.05) is 35.1 Å². The number of amides is 1. The predicted molar refractivity (Wildman–Crippen MR) is 143 cm³/mol. The van der Waals surface area contributed by atoms with Crippen molar-refractivity contribution in [2.45, 2.75) is 104 Å². The van der Waals surface area contributed by atoms with Gasteiger partial charge in [-0.15, -0.1) is 0 Å². The highest BCUT2D eigenvalue weighted by atomic mass is 16.6. The Hall–Kier alpha value is -3.36. The number of benzene rings is 1. The van der Waals surface area contributed by atoms with Crippen LogP contribution in [0.15, 0.2) is 24.3 Å². The fraction of sp³-hybridized carbons (Fsp3) is 0.586. The number of aromatic amines is 1. The van der Waals surface area contributed by atoms with Crippen LogP contribution < -0.4 is 0 Å². The lowest BCUT2D eigenvalue weighted by molar-refractivity contribution is -0.169. The number of carbonyl (C=O) groups is 4. The first kappa shape index (κ1) is 29.2. The Labute approximate surface area is 224 Å². The first-order valence-electron chi connectivity index (χ1n) is 13.0. The zero-order valence-corrected chi connectivity index (χ0v) is 23.9. The minimum atomic E-state index is -1.51. The van der Waals surface area contributed by atoms with Crippen LogP contribution in [0.1, 0.15) is 98.4 Å². The number of nitrogens with zero attached hydrogens (tertiary/aromatic N) is 1. The minimum Gasteiger partial charge on any atom is -0.459 e. The van der Waals surface area contributed by atoms with E-state index in [0.29, 0.717) is 22.9 Å². The molecular formula is C29H40N2O7. The number of Topliss-reactive ketones (excluding diaryl/α,β-unsaturated/α-hetero) is 1. The van der Waals surface area contributed by atoms with Crippen LogP contribution in [0.5, 0.6) is 0 Å². The number of hydrogen-bond acceptors (Lipinski definition) is 7. The third-order valence-electron chi connectivity index (χ3n) is 5.69. The molecule has 1 N–H and O–H groups in total. The van der Waals surface area contributed by atoms with Gasteiger partial charge in [0.05, 0.1) is 0 Å². The van der Waals surface area contributed by atoms with Crippen molar-refractivity contribution in [3.8, 4) is 0 Å². The number of ketones is 1. The summed E-state index contributed by atoms with van der Waals surface area (Å²) in [4.78, 5) is 58.5. The van der Waals surface area contributed by atoms with E-state index in [2.05, 4.69) is 4.98 Å². The Kier molecular flexibility index (Phi) is 8.01. The summed E-state index contributed by atoms with van der Waals surface area (Å²) in [6, 6.07) is 6.12. The molecule has 0 unspecified atom stereocenters. The van der Waals surface area contributed by atoms with Crippen LogP contribution in [0, 0.1) is 0 Å². The van der Waals surface area contributed by atoms with E-state index in [1.165, 1.54) is 4.90 Å². The second-order valence-corrected chi connectivity index (χ2v) is 12.6. The molecule has 0 saturated carbocycles. The zero-order valence-electron chi connectivity index (χ0n) is 23.9. The quantitative estimate of drug-likeness (QED) is 0.313. The second kappa shape index (κ2) is 10.4. The van der Waals surface area contributed by atoms with Gasteiger partial charge in [0.15, 0.2) is 11.7 Å². The average molecular weight is 529 g/mol. The van der Waals surface area contributed by atoms with Crippen molar-refractivity contribution in [3.05, 3.63) is 35.5 Å². The molecule has 1 fully saturated rings. The average Bonchev–Trinajstić information content (AvgIpc) is 3.08. The summed E-state index contributed by atoms with van der Waals surface area (Å²) in [5.41, 5.74) is -1.39. The normalized spacial score (nSPS) is 17.1. The summed E-state index contributed by atoms with van der Waals surface area (Å²) >= 11 is 0. The van der Waals surface area contributed by atoms with Crippen LogP contribution >= 0.6 is 0 Å². The number of esters is 2. The van der Waals surface area contributed by atoms with Crippen molar-refractivity contribution >= 4 is 34.7 Å². The molecule has 1 aliphatic heterocycles. The molecule has 1 saturated heterocycles. The molecule has 0 bridgehead atoms. The number of carbonyl (C=O) groups excluding carboxylic acids is 4. The highest BCUT2D eigenvalue weighted by Crippen LogP contribution is 2.40. The minimum absolute atomic E-state index is 0.170. The summed E-state index contributed by atoms with van der Waals surface area (Å²) in [7, 11) is 0. The van der Waals surface area contributed by atoms with Crippen LogP contribution in [-0.4, -0.2) is 57.0 Å². The molecule has 0 spiro atoms. The van der Waals surface area contributed by atoms with Gasteiger partial charge in [-0.1, -0.05) is 18.2 Å². The maximum Gasteiger partial charge on any atom is 0.411 e. The SMILES string of the molecule is CC(C)(C)OC(=O)C(C(=O)OC(C)(C)C)c1[nH]c2ccccc2c1[C@H]1C(=O)CCCN1C(=O)OC(C)(C)C. The third kappa shape index (κ3) is 6.94. The molecule has 3 rings (SSSR count). The molecule has 1 amide bonds. The number of H-pyrrole nitrogens is 1. The Morgan fingerprint density at radius 1 is 0.868 bits per heavy atom. The topological polar surface area (TPSA) is 115 Å². The molecule has 1 atom stereocenters. The molecule has 1 aromatic carbocycles. The monoisotopic (exact) mass is 528 g/mol. The number of fused-ring (bicyclic) bond motifs is 1. The van der Waals surface area contributed by atoms with E-state index >= 15 is 0 Å². The van der Waals surface area contributed by atoms with E-state index in [9.17, 15) is 19.2 Å². The summed E-state index contributed by atoms with van der Waals surface area (Å²) in [6.07, 6.45) is 0.0816. The highest BCUT2D eigenvalue weighted by molar-refractivity contribution is 6.04. The van der Waals surface area contributed by atoms with Crippen LogP contribution in [0.4, 0.5) is 4.79 Å². The van der Waals surface area contributed by atoms with Crippen molar-refractivity contribution in [1.82, 2.24) is 9.88 Å². The summed E-state index contributed by atoms with van der Waals surface area (Å²) < 4.78 is 16.9. The number of likely N-dealkylation sites (tertiary alicyclic amines) is 1. The molecule has 1 aliphatic rings. The Bertz CT molecular complexity index is 1200. The van der Waals surface area contributed by atoms with E-state index < -0.39 is 46.8 Å². The van der Waals surface area contributed by atoms with Gasteiger partial charge < -0.3 is 19.2 Å². The molecule has 1 aromatic heterocycles. The first-order chi connectivity index (χ1) is 17.4.